The lowest BCUT2D eigenvalue weighted by atomic mass is 9.49. The van der Waals surface area contributed by atoms with E-state index in [0.29, 0.717) is 12.8 Å². The summed E-state index contributed by atoms with van der Waals surface area (Å²) in [7, 11) is 0. The predicted octanol–water partition coefficient (Wildman–Crippen LogP) is 0.697. The number of carbonyl (C=O) groups is 1. The molecule has 2 heterocycles. The van der Waals surface area contributed by atoms with Crippen molar-refractivity contribution in [3.05, 3.63) is 29.3 Å². The normalized spacial score (nSPS) is 44.0. The van der Waals surface area contributed by atoms with Gasteiger partial charge >= 0.3 is 0 Å². The van der Waals surface area contributed by atoms with Gasteiger partial charge in [0.1, 0.15) is 5.75 Å². The summed E-state index contributed by atoms with van der Waals surface area (Å²) in [4.78, 5) is 12.4. The van der Waals surface area contributed by atoms with Crippen molar-refractivity contribution in [2.75, 3.05) is 6.54 Å². The molecule has 4 atom stereocenters. The largest absolute Gasteiger partial charge is 0.481 e. The molecule has 1 aromatic carbocycles. The molecule has 4 aliphatic rings. The molecule has 2 fully saturated rings. The van der Waals surface area contributed by atoms with Crippen LogP contribution >= 0.6 is 0 Å². The minimum absolute atomic E-state index is 0.0382. The Balaban J connectivity index is 1.88. The summed E-state index contributed by atoms with van der Waals surface area (Å²) < 4.78 is 6.02. The van der Waals surface area contributed by atoms with Gasteiger partial charge in [-0.05, 0) is 37.4 Å². The Hall–Kier alpha value is -1.39. The van der Waals surface area contributed by atoms with E-state index in [4.69, 9.17) is 4.74 Å². The van der Waals surface area contributed by atoms with Gasteiger partial charge in [-0.1, -0.05) is 12.1 Å². The van der Waals surface area contributed by atoms with Crippen LogP contribution in [0.2, 0.25) is 0 Å². The standard InChI is InChI=1S/C16H17NO3/c18-10-4-5-16(19)12-8-9-2-1-3-11-13(9)15(16,6-7-17-12)14(10)20-11/h1-3,12,14,17,19H,4-8H2/t12?,14-,15?,16?/m0/s1. The van der Waals surface area contributed by atoms with E-state index < -0.39 is 17.1 Å². The number of hydrogen-bond acceptors (Lipinski definition) is 4. The lowest BCUT2D eigenvalue weighted by molar-refractivity contribution is -0.166. The molecule has 0 aromatic heterocycles. The summed E-state index contributed by atoms with van der Waals surface area (Å²) >= 11 is 0. The Morgan fingerprint density at radius 2 is 2.25 bits per heavy atom. The number of piperidine rings is 1. The molecule has 0 amide bonds. The average Bonchev–Trinajstić information content (AvgIpc) is 2.76. The van der Waals surface area contributed by atoms with Crippen LogP contribution in [0.25, 0.3) is 0 Å². The second-order valence-electron chi connectivity index (χ2n) is 6.61. The molecule has 20 heavy (non-hydrogen) atoms. The quantitative estimate of drug-likeness (QED) is 0.729. The number of ketones is 1. The van der Waals surface area contributed by atoms with Crippen LogP contribution in [-0.4, -0.2) is 35.2 Å². The van der Waals surface area contributed by atoms with Gasteiger partial charge < -0.3 is 15.2 Å². The van der Waals surface area contributed by atoms with Gasteiger partial charge in [-0.3, -0.25) is 4.79 Å². The van der Waals surface area contributed by atoms with Crippen molar-refractivity contribution in [3.63, 3.8) is 0 Å². The number of nitrogens with one attached hydrogen (secondary N) is 1. The fourth-order valence-electron chi connectivity index (χ4n) is 5.19. The molecule has 2 bridgehead atoms. The van der Waals surface area contributed by atoms with Gasteiger partial charge in [0.05, 0.1) is 11.0 Å². The maximum atomic E-state index is 12.4. The Morgan fingerprint density at radius 3 is 3.15 bits per heavy atom. The molecule has 1 saturated heterocycles. The van der Waals surface area contributed by atoms with Crippen LogP contribution in [-0.2, 0) is 16.6 Å². The van der Waals surface area contributed by atoms with Gasteiger partial charge in [-0.2, -0.15) is 0 Å². The Labute approximate surface area is 117 Å². The van der Waals surface area contributed by atoms with Gasteiger partial charge in [0.15, 0.2) is 11.9 Å². The molecule has 2 aliphatic heterocycles. The zero-order valence-corrected chi connectivity index (χ0v) is 11.2. The number of carbonyl (C=O) groups excluding carboxylic acids is 1. The zero-order valence-electron chi connectivity index (χ0n) is 11.2. The Kier molecular flexibility index (Phi) is 1.84. The molecule has 3 unspecified atom stereocenters. The van der Waals surface area contributed by atoms with E-state index >= 15 is 0 Å². The van der Waals surface area contributed by atoms with Crippen molar-refractivity contribution in [1.29, 1.82) is 0 Å². The summed E-state index contributed by atoms with van der Waals surface area (Å²) in [6, 6.07) is 6.09. The smallest absolute Gasteiger partial charge is 0.174 e. The molecule has 0 radical (unpaired) electrons. The van der Waals surface area contributed by atoms with E-state index in [-0.39, 0.29) is 11.8 Å². The highest BCUT2D eigenvalue weighted by molar-refractivity contribution is 5.89. The molecular formula is C16H17NO3. The minimum Gasteiger partial charge on any atom is -0.481 e. The third kappa shape index (κ3) is 0.970. The van der Waals surface area contributed by atoms with Crippen LogP contribution in [0.1, 0.15) is 30.4 Å². The number of ether oxygens (including phenoxy) is 1. The summed E-state index contributed by atoms with van der Waals surface area (Å²) in [5.41, 5.74) is 1.01. The van der Waals surface area contributed by atoms with Gasteiger partial charge in [0.25, 0.3) is 0 Å². The molecule has 2 aliphatic carbocycles. The monoisotopic (exact) mass is 271 g/mol. The van der Waals surface area contributed by atoms with Crippen LogP contribution in [0.15, 0.2) is 18.2 Å². The number of Topliss-reactive ketones (excluding diaryl/α,β-unsaturated/α-hetero) is 1. The first-order valence-corrected chi connectivity index (χ1v) is 7.44. The predicted molar refractivity (Wildman–Crippen MR) is 71.8 cm³/mol. The van der Waals surface area contributed by atoms with Crippen molar-refractivity contribution in [1.82, 2.24) is 5.32 Å². The van der Waals surface area contributed by atoms with Crippen LogP contribution in [0.5, 0.6) is 5.75 Å². The van der Waals surface area contributed by atoms with Gasteiger partial charge in [0.2, 0.25) is 0 Å². The van der Waals surface area contributed by atoms with Crippen LogP contribution in [0, 0.1) is 0 Å². The summed E-state index contributed by atoms with van der Waals surface area (Å²) in [6.07, 6.45) is 2.09. The van der Waals surface area contributed by atoms with Crippen molar-refractivity contribution in [2.45, 2.75) is 48.8 Å². The highest BCUT2D eigenvalue weighted by Crippen LogP contribution is 2.61. The average molecular weight is 271 g/mol. The molecule has 1 spiro atoms. The van der Waals surface area contributed by atoms with E-state index in [1.54, 1.807) is 0 Å². The first-order valence-electron chi connectivity index (χ1n) is 7.44. The second-order valence-corrected chi connectivity index (χ2v) is 6.61. The number of hydrogen-bond donors (Lipinski definition) is 2. The topological polar surface area (TPSA) is 58.6 Å². The molecule has 5 rings (SSSR count). The minimum atomic E-state index is -0.844. The van der Waals surface area contributed by atoms with Crippen LogP contribution < -0.4 is 10.1 Å². The van der Waals surface area contributed by atoms with E-state index in [9.17, 15) is 9.90 Å². The maximum Gasteiger partial charge on any atom is 0.174 e. The third-order valence-electron chi connectivity index (χ3n) is 5.98. The van der Waals surface area contributed by atoms with Crippen LogP contribution in [0.4, 0.5) is 0 Å². The Morgan fingerprint density at radius 1 is 1.35 bits per heavy atom. The highest BCUT2D eigenvalue weighted by atomic mass is 16.5. The number of benzene rings is 1. The molecule has 1 aromatic rings. The second kappa shape index (κ2) is 3.26. The fraction of sp³-hybridized carbons (Fsp3) is 0.562. The van der Waals surface area contributed by atoms with Gasteiger partial charge in [0, 0.05) is 18.0 Å². The Bertz CT molecular complexity index is 643. The molecular weight excluding hydrogens is 254 g/mol. The van der Waals surface area contributed by atoms with E-state index in [1.165, 1.54) is 5.56 Å². The van der Waals surface area contributed by atoms with Crippen LogP contribution in [0.3, 0.4) is 0 Å². The maximum absolute atomic E-state index is 12.4. The summed E-state index contributed by atoms with van der Waals surface area (Å²) in [5.74, 6) is 0.973. The van der Waals surface area contributed by atoms with Crippen molar-refractivity contribution >= 4 is 5.78 Å². The third-order valence-corrected chi connectivity index (χ3v) is 5.98. The van der Waals surface area contributed by atoms with Gasteiger partial charge in [-0.25, -0.2) is 0 Å². The molecule has 4 nitrogen and oxygen atoms in total. The highest BCUT2D eigenvalue weighted by Gasteiger charge is 2.71. The fourth-order valence-corrected chi connectivity index (χ4v) is 5.19. The van der Waals surface area contributed by atoms with Crippen molar-refractivity contribution in [3.8, 4) is 5.75 Å². The zero-order chi connectivity index (χ0) is 13.5. The first-order chi connectivity index (χ1) is 9.67. The first kappa shape index (κ1) is 11.3. The number of rotatable bonds is 0. The molecule has 1 saturated carbocycles. The molecule has 104 valence electrons. The van der Waals surface area contributed by atoms with E-state index in [1.807, 2.05) is 12.1 Å². The molecule has 4 heteroatoms. The van der Waals surface area contributed by atoms with Crippen molar-refractivity contribution in [2.24, 2.45) is 0 Å². The SMILES string of the molecule is O=C1CCC2(O)C3Cc4cccc5c4C2(CCN3)[C@H]1O5. The van der Waals surface area contributed by atoms with Gasteiger partial charge in [-0.15, -0.1) is 0 Å². The lowest BCUT2D eigenvalue weighted by Gasteiger charge is -2.59. The van der Waals surface area contributed by atoms with Crippen molar-refractivity contribution < 1.29 is 14.6 Å². The summed E-state index contributed by atoms with van der Waals surface area (Å²) in [5, 5.41) is 14.9. The molecule has 2 N–H and O–H groups in total. The van der Waals surface area contributed by atoms with E-state index in [2.05, 4.69) is 11.4 Å². The van der Waals surface area contributed by atoms with E-state index in [0.717, 1.165) is 30.7 Å². The lowest BCUT2D eigenvalue weighted by Crippen LogP contribution is -2.76. The summed E-state index contributed by atoms with van der Waals surface area (Å²) in [6.45, 7) is 0.841. The number of aliphatic hydroxyl groups is 1.